The van der Waals surface area contributed by atoms with Crippen LogP contribution in [0.3, 0.4) is 0 Å². The minimum absolute atomic E-state index is 1.19. The Labute approximate surface area is 270 Å². The monoisotopic (exact) mass is 601 g/mol. The number of hydrogen-bond acceptors (Lipinski definition) is 1. The highest BCUT2D eigenvalue weighted by atomic mass is 32.1. The van der Waals surface area contributed by atoms with Gasteiger partial charge in [0.15, 0.2) is 0 Å². The van der Waals surface area contributed by atoms with Crippen molar-refractivity contribution in [3.05, 3.63) is 164 Å². The Balaban J connectivity index is 1.30. The summed E-state index contributed by atoms with van der Waals surface area (Å²) in [4.78, 5) is 0. The summed E-state index contributed by atoms with van der Waals surface area (Å²) < 4.78 is 5.11. The van der Waals surface area contributed by atoms with E-state index in [9.17, 15) is 0 Å². The minimum atomic E-state index is 1.19. The van der Waals surface area contributed by atoms with Crippen molar-refractivity contribution >= 4 is 74.9 Å². The largest absolute Gasteiger partial charge is 0.308 e. The summed E-state index contributed by atoms with van der Waals surface area (Å²) in [7, 11) is 0. The van der Waals surface area contributed by atoms with E-state index in [1.54, 1.807) is 0 Å². The second-order valence-electron chi connectivity index (χ2n) is 12.1. The van der Waals surface area contributed by atoms with Crippen LogP contribution in [0.5, 0.6) is 0 Å². The lowest BCUT2D eigenvalue weighted by molar-refractivity contribution is 1.19. The van der Waals surface area contributed by atoms with Gasteiger partial charge in [0, 0.05) is 21.2 Å². The maximum Gasteiger partial charge on any atom is 0.0727 e. The maximum atomic E-state index is 2.45. The Morgan fingerprint density at radius 2 is 0.935 bits per heavy atom. The number of aromatic nitrogens is 1. The molecule has 10 rings (SSSR count). The molecule has 0 aliphatic rings. The van der Waals surface area contributed by atoms with Gasteiger partial charge in [-0.1, -0.05) is 127 Å². The molecule has 0 unspecified atom stereocenters. The maximum absolute atomic E-state index is 2.45. The Kier molecular flexibility index (Phi) is 5.51. The highest BCUT2D eigenvalue weighted by molar-refractivity contribution is 7.26. The summed E-state index contributed by atoms with van der Waals surface area (Å²) in [6.45, 7) is 0. The molecular formula is C44H27NS. The topological polar surface area (TPSA) is 4.93 Å². The highest BCUT2D eigenvalue weighted by Crippen LogP contribution is 2.47. The van der Waals surface area contributed by atoms with Crippen molar-refractivity contribution in [2.75, 3.05) is 0 Å². The second kappa shape index (κ2) is 9.90. The van der Waals surface area contributed by atoms with Gasteiger partial charge in [0.2, 0.25) is 0 Å². The van der Waals surface area contributed by atoms with Crippen molar-refractivity contribution in [3.63, 3.8) is 0 Å². The van der Waals surface area contributed by atoms with Crippen molar-refractivity contribution in [2.24, 2.45) is 0 Å². The fraction of sp³-hybridized carbons (Fsp3) is 0. The van der Waals surface area contributed by atoms with Gasteiger partial charge in [0.1, 0.15) is 0 Å². The lowest BCUT2D eigenvalue weighted by atomic mass is 9.85. The third-order valence-corrected chi connectivity index (χ3v) is 10.7. The molecule has 2 aromatic heterocycles. The van der Waals surface area contributed by atoms with E-state index in [-0.39, 0.29) is 0 Å². The van der Waals surface area contributed by atoms with Gasteiger partial charge >= 0.3 is 0 Å². The number of benzene rings is 8. The number of rotatable bonds is 3. The Hall–Kier alpha value is -5.70. The molecule has 0 amide bonds. The summed E-state index contributed by atoms with van der Waals surface area (Å²) in [6, 6.07) is 60.1. The molecule has 0 fully saturated rings. The van der Waals surface area contributed by atoms with E-state index in [0.717, 1.165) is 0 Å². The fourth-order valence-electron chi connectivity index (χ4n) is 7.57. The number of fused-ring (bicyclic) bond motifs is 8. The van der Waals surface area contributed by atoms with Crippen LogP contribution in [0.1, 0.15) is 0 Å². The van der Waals surface area contributed by atoms with Gasteiger partial charge in [-0.2, -0.15) is 0 Å². The quantitative estimate of drug-likeness (QED) is 0.178. The molecule has 2 heterocycles. The van der Waals surface area contributed by atoms with Gasteiger partial charge in [-0.15, -0.1) is 11.3 Å². The molecular weight excluding hydrogens is 575 g/mol. The molecule has 2 heteroatoms. The van der Waals surface area contributed by atoms with E-state index in [1.807, 2.05) is 11.3 Å². The molecule has 10 aromatic rings. The van der Waals surface area contributed by atoms with Crippen LogP contribution in [0.4, 0.5) is 0 Å². The Morgan fingerprint density at radius 3 is 1.63 bits per heavy atom. The molecule has 0 aliphatic carbocycles. The van der Waals surface area contributed by atoms with Crippen molar-refractivity contribution in [2.45, 2.75) is 0 Å². The zero-order valence-electron chi connectivity index (χ0n) is 24.9. The van der Waals surface area contributed by atoms with Crippen molar-refractivity contribution < 1.29 is 0 Å². The summed E-state index contributed by atoms with van der Waals surface area (Å²) in [5.41, 5.74) is 8.80. The Morgan fingerprint density at radius 1 is 0.391 bits per heavy atom. The molecule has 0 saturated carbocycles. The van der Waals surface area contributed by atoms with E-state index in [4.69, 9.17) is 0 Å². The zero-order valence-corrected chi connectivity index (χ0v) is 25.8. The molecule has 0 aliphatic heterocycles. The van der Waals surface area contributed by atoms with Gasteiger partial charge in [0.25, 0.3) is 0 Å². The lowest BCUT2D eigenvalue weighted by Crippen LogP contribution is -1.93. The summed E-state index contributed by atoms with van der Waals surface area (Å²) in [5.74, 6) is 0. The highest BCUT2D eigenvalue weighted by Gasteiger charge is 2.21. The van der Waals surface area contributed by atoms with Crippen molar-refractivity contribution in [3.8, 4) is 27.9 Å². The molecule has 0 atom stereocenters. The van der Waals surface area contributed by atoms with Crippen LogP contribution < -0.4 is 0 Å². The average molecular weight is 602 g/mol. The summed E-state index contributed by atoms with van der Waals surface area (Å²) in [5, 5.41) is 10.2. The molecule has 214 valence electrons. The van der Waals surface area contributed by atoms with E-state index < -0.39 is 0 Å². The first-order chi connectivity index (χ1) is 22.8. The van der Waals surface area contributed by atoms with Crippen molar-refractivity contribution in [1.29, 1.82) is 0 Å². The van der Waals surface area contributed by atoms with Gasteiger partial charge in [-0.05, 0) is 91.0 Å². The second-order valence-corrected chi connectivity index (χ2v) is 13.1. The van der Waals surface area contributed by atoms with Gasteiger partial charge < -0.3 is 4.57 Å². The first kappa shape index (κ1) is 25.6. The molecule has 0 bridgehead atoms. The molecule has 8 aromatic carbocycles. The third-order valence-electron chi connectivity index (χ3n) is 9.55. The molecule has 0 spiro atoms. The molecule has 0 N–H and O–H groups in total. The summed E-state index contributed by atoms with van der Waals surface area (Å²) in [6.07, 6.45) is 0. The van der Waals surface area contributed by atoms with E-state index in [2.05, 4.69) is 168 Å². The van der Waals surface area contributed by atoms with Crippen LogP contribution in [0.15, 0.2) is 164 Å². The predicted molar refractivity (Wildman–Crippen MR) is 200 cm³/mol. The fourth-order valence-corrected chi connectivity index (χ4v) is 8.78. The number of para-hydroxylation sites is 1. The van der Waals surface area contributed by atoms with E-state index >= 15 is 0 Å². The van der Waals surface area contributed by atoms with Crippen LogP contribution in [-0.4, -0.2) is 4.57 Å². The van der Waals surface area contributed by atoms with Gasteiger partial charge in [-0.3, -0.25) is 0 Å². The first-order valence-electron chi connectivity index (χ1n) is 15.8. The molecule has 0 radical (unpaired) electrons. The van der Waals surface area contributed by atoms with Gasteiger partial charge in [0.05, 0.1) is 15.7 Å². The van der Waals surface area contributed by atoms with Crippen molar-refractivity contribution in [1.82, 2.24) is 4.57 Å². The van der Waals surface area contributed by atoms with Crippen LogP contribution in [0.2, 0.25) is 0 Å². The standard InChI is InChI=1S/C44H27NS/c1-2-14-32(15-3-1)45-39-25-24-31(27-38(39)44-43(45)37-20-10-11-21-40(37)46-44)42-35-18-8-6-16-33(35)41(34-17-7-9-19-36(34)42)30-23-22-28-12-4-5-13-29(28)26-30/h1-27H. The number of hydrogen-bond donors (Lipinski definition) is 0. The smallest absolute Gasteiger partial charge is 0.0727 e. The first-order valence-corrected chi connectivity index (χ1v) is 16.6. The predicted octanol–water partition coefficient (Wildman–Crippen LogP) is 12.8. The van der Waals surface area contributed by atoms with E-state index in [1.165, 1.54) is 91.5 Å². The van der Waals surface area contributed by atoms with Crippen LogP contribution in [-0.2, 0) is 0 Å². The third kappa shape index (κ3) is 3.68. The van der Waals surface area contributed by atoms with Crippen LogP contribution >= 0.6 is 11.3 Å². The van der Waals surface area contributed by atoms with Gasteiger partial charge in [-0.25, -0.2) is 0 Å². The minimum Gasteiger partial charge on any atom is -0.308 e. The SMILES string of the molecule is c1ccc(-n2c3ccc(-c4c5ccccc5c(-c5ccc6ccccc6c5)c5ccccc45)cc3c3sc4ccccc4c32)cc1. The van der Waals surface area contributed by atoms with Crippen LogP contribution in [0, 0.1) is 0 Å². The molecule has 0 saturated heterocycles. The van der Waals surface area contributed by atoms with Crippen LogP contribution in [0.25, 0.3) is 91.5 Å². The normalized spacial score (nSPS) is 11.9. The number of thiophene rings is 1. The summed E-state index contributed by atoms with van der Waals surface area (Å²) >= 11 is 1.90. The molecule has 46 heavy (non-hydrogen) atoms. The lowest BCUT2D eigenvalue weighted by Gasteiger charge is -2.18. The van der Waals surface area contributed by atoms with E-state index in [0.29, 0.717) is 0 Å². The average Bonchev–Trinajstić information content (AvgIpc) is 3.65. The molecule has 1 nitrogen and oxygen atoms in total. The Bertz CT molecular complexity index is 2740. The number of nitrogens with zero attached hydrogens (tertiary/aromatic N) is 1. The zero-order chi connectivity index (χ0) is 30.2.